The summed E-state index contributed by atoms with van der Waals surface area (Å²) in [5, 5.41) is 3.14. The van der Waals surface area contributed by atoms with Gasteiger partial charge in [-0.3, -0.25) is 4.79 Å². The first-order valence-electron chi connectivity index (χ1n) is 7.04. The topological polar surface area (TPSA) is 46.9 Å². The van der Waals surface area contributed by atoms with Gasteiger partial charge in [0.15, 0.2) is 0 Å². The molecular weight excluding hydrogens is 250 g/mol. The molecule has 0 saturated carbocycles. The average Bonchev–Trinajstić information content (AvgIpc) is 2.86. The van der Waals surface area contributed by atoms with Crippen LogP contribution in [0.2, 0.25) is 0 Å². The summed E-state index contributed by atoms with van der Waals surface area (Å²) in [5.41, 5.74) is 3.47. The van der Waals surface area contributed by atoms with Crippen LogP contribution in [-0.2, 0) is 24.2 Å². The van der Waals surface area contributed by atoms with Crippen LogP contribution >= 0.6 is 0 Å². The van der Waals surface area contributed by atoms with Crippen molar-refractivity contribution in [3.05, 3.63) is 53.6 Å². The molecule has 20 heavy (non-hydrogen) atoms. The largest absolute Gasteiger partial charge is 0.353 e. The summed E-state index contributed by atoms with van der Waals surface area (Å²) in [4.78, 5) is 16.3. The molecule has 4 heteroatoms. The van der Waals surface area contributed by atoms with Gasteiger partial charge in [0.25, 0.3) is 0 Å². The maximum Gasteiger partial charge on any atom is 0.224 e. The third-order valence-electron chi connectivity index (χ3n) is 3.78. The highest BCUT2D eigenvalue weighted by Gasteiger charge is 2.20. The number of carbonyl (C=O) groups is 1. The maximum atomic E-state index is 12.1. The third-order valence-corrected chi connectivity index (χ3v) is 3.78. The highest BCUT2D eigenvalue weighted by molar-refractivity contribution is 5.78. The van der Waals surface area contributed by atoms with Gasteiger partial charge in [-0.05, 0) is 18.9 Å². The predicted octanol–water partition coefficient (Wildman–Crippen LogP) is 1.87. The Labute approximate surface area is 118 Å². The number of hydrogen-bond donors (Lipinski definition) is 1. The number of rotatable bonds is 3. The van der Waals surface area contributed by atoms with E-state index in [0.717, 1.165) is 24.9 Å². The first-order chi connectivity index (χ1) is 9.70. The molecule has 0 bridgehead atoms. The summed E-state index contributed by atoms with van der Waals surface area (Å²) in [6.45, 7) is 2.98. The second-order valence-corrected chi connectivity index (χ2v) is 5.50. The summed E-state index contributed by atoms with van der Waals surface area (Å²) in [5.74, 6) is 0.105. The van der Waals surface area contributed by atoms with Crippen LogP contribution < -0.4 is 5.32 Å². The van der Waals surface area contributed by atoms with Gasteiger partial charge in [-0.15, -0.1) is 0 Å². The summed E-state index contributed by atoms with van der Waals surface area (Å²) < 4.78 is 2.16. The van der Waals surface area contributed by atoms with E-state index in [1.54, 1.807) is 0 Å². The Morgan fingerprint density at radius 1 is 1.50 bits per heavy atom. The van der Waals surface area contributed by atoms with E-state index < -0.39 is 0 Å². The molecule has 1 aromatic heterocycles. The Morgan fingerprint density at radius 2 is 2.40 bits per heavy atom. The van der Waals surface area contributed by atoms with Crippen molar-refractivity contribution in [2.45, 2.75) is 38.8 Å². The van der Waals surface area contributed by atoms with Crippen molar-refractivity contribution in [1.29, 1.82) is 0 Å². The standard InChI is InChI=1S/C16H19N3O/c1-12-3-2-4-13(7-12)8-16(20)18-14-5-6-19-11-17-10-15(19)9-14/h2-4,7,10-11,14H,5-6,8-9H2,1H3,(H,18,20). The van der Waals surface area contributed by atoms with Crippen molar-refractivity contribution in [1.82, 2.24) is 14.9 Å². The average molecular weight is 269 g/mol. The van der Waals surface area contributed by atoms with Gasteiger partial charge in [0.2, 0.25) is 5.91 Å². The highest BCUT2D eigenvalue weighted by Crippen LogP contribution is 2.14. The molecule has 1 aliphatic heterocycles. The summed E-state index contributed by atoms with van der Waals surface area (Å²) in [6, 6.07) is 8.34. The van der Waals surface area contributed by atoms with E-state index in [4.69, 9.17) is 0 Å². The smallest absolute Gasteiger partial charge is 0.224 e. The lowest BCUT2D eigenvalue weighted by Crippen LogP contribution is -2.40. The Kier molecular flexibility index (Phi) is 3.54. The zero-order chi connectivity index (χ0) is 13.9. The fourth-order valence-corrected chi connectivity index (χ4v) is 2.78. The van der Waals surface area contributed by atoms with E-state index in [0.29, 0.717) is 6.42 Å². The van der Waals surface area contributed by atoms with Crippen LogP contribution in [-0.4, -0.2) is 21.5 Å². The van der Waals surface area contributed by atoms with Crippen LogP contribution in [0.25, 0.3) is 0 Å². The number of hydrogen-bond acceptors (Lipinski definition) is 2. The van der Waals surface area contributed by atoms with Gasteiger partial charge in [0.05, 0.1) is 12.7 Å². The van der Waals surface area contributed by atoms with Gasteiger partial charge in [-0.1, -0.05) is 29.8 Å². The molecule has 4 nitrogen and oxygen atoms in total. The lowest BCUT2D eigenvalue weighted by molar-refractivity contribution is -0.121. The molecule has 1 aromatic carbocycles. The van der Waals surface area contributed by atoms with Crippen molar-refractivity contribution in [3.8, 4) is 0 Å². The van der Waals surface area contributed by atoms with Crippen molar-refractivity contribution in [3.63, 3.8) is 0 Å². The number of benzene rings is 1. The first kappa shape index (κ1) is 12.9. The quantitative estimate of drug-likeness (QED) is 0.924. The molecule has 0 fully saturated rings. The number of imidazole rings is 1. The number of fused-ring (bicyclic) bond motifs is 1. The van der Waals surface area contributed by atoms with Crippen molar-refractivity contribution in [2.75, 3.05) is 0 Å². The van der Waals surface area contributed by atoms with Crippen LogP contribution in [0.3, 0.4) is 0 Å². The molecule has 104 valence electrons. The molecular formula is C16H19N3O. The monoisotopic (exact) mass is 269 g/mol. The first-order valence-corrected chi connectivity index (χ1v) is 7.04. The summed E-state index contributed by atoms with van der Waals surface area (Å²) in [6.07, 6.45) is 6.05. The number of amides is 1. The molecule has 0 saturated heterocycles. The SMILES string of the molecule is Cc1cccc(CC(=O)NC2CCn3cncc3C2)c1. The molecule has 1 atom stereocenters. The van der Waals surface area contributed by atoms with Crippen LogP contribution in [0.1, 0.15) is 23.2 Å². The van der Waals surface area contributed by atoms with Crippen molar-refractivity contribution in [2.24, 2.45) is 0 Å². The second kappa shape index (κ2) is 5.49. The number of nitrogens with zero attached hydrogens (tertiary/aromatic N) is 2. The predicted molar refractivity (Wildman–Crippen MR) is 77.4 cm³/mol. The Bertz CT molecular complexity index is 618. The molecule has 3 rings (SSSR count). The minimum absolute atomic E-state index is 0.105. The molecule has 0 radical (unpaired) electrons. The third kappa shape index (κ3) is 2.90. The van der Waals surface area contributed by atoms with E-state index in [1.165, 1.54) is 11.3 Å². The van der Waals surface area contributed by atoms with Gasteiger partial charge in [0, 0.05) is 30.9 Å². The molecule has 2 heterocycles. The number of nitrogens with one attached hydrogen (secondary N) is 1. The number of carbonyl (C=O) groups excluding carboxylic acids is 1. The van der Waals surface area contributed by atoms with Gasteiger partial charge >= 0.3 is 0 Å². The molecule has 1 amide bonds. The fourth-order valence-electron chi connectivity index (χ4n) is 2.78. The van der Waals surface area contributed by atoms with Crippen LogP contribution in [0.15, 0.2) is 36.8 Å². The van der Waals surface area contributed by atoms with E-state index in [1.807, 2.05) is 37.6 Å². The van der Waals surface area contributed by atoms with Gasteiger partial charge in [-0.2, -0.15) is 0 Å². The number of aromatic nitrogens is 2. The number of aryl methyl sites for hydroxylation is 2. The minimum atomic E-state index is 0.105. The van der Waals surface area contributed by atoms with Gasteiger partial charge < -0.3 is 9.88 Å². The zero-order valence-electron chi connectivity index (χ0n) is 11.7. The highest BCUT2D eigenvalue weighted by atomic mass is 16.1. The van der Waals surface area contributed by atoms with Crippen molar-refractivity contribution < 1.29 is 4.79 Å². The molecule has 1 aliphatic rings. The molecule has 1 N–H and O–H groups in total. The normalized spacial score (nSPS) is 17.6. The maximum absolute atomic E-state index is 12.1. The molecule has 0 spiro atoms. The van der Waals surface area contributed by atoms with Crippen molar-refractivity contribution >= 4 is 5.91 Å². The fraction of sp³-hybridized carbons (Fsp3) is 0.375. The molecule has 0 aliphatic carbocycles. The van der Waals surface area contributed by atoms with E-state index in [2.05, 4.69) is 20.9 Å². The Hall–Kier alpha value is -2.10. The molecule has 1 unspecified atom stereocenters. The summed E-state index contributed by atoms with van der Waals surface area (Å²) >= 11 is 0. The Morgan fingerprint density at radius 3 is 3.25 bits per heavy atom. The van der Waals surface area contributed by atoms with Crippen LogP contribution in [0, 0.1) is 6.92 Å². The molecule has 2 aromatic rings. The van der Waals surface area contributed by atoms with E-state index >= 15 is 0 Å². The van der Waals surface area contributed by atoms with Crippen LogP contribution in [0.4, 0.5) is 0 Å². The van der Waals surface area contributed by atoms with E-state index in [-0.39, 0.29) is 11.9 Å². The van der Waals surface area contributed by atoms with Crippen LogP contribution in [0.5, 0.6) is 0 Å². The van der Waals surface area contributed by atoms with Gasteiger partial charge in [-0.25, -0.2) is 4.98 Å². The summed E-state index contributed by atoms with van der Waals surface area (Å²) in [7, 11) is 0. The lowest BCUT2D eigenvalue weighted by atomic mass is 10.0. The second-order valence-electron chi connectivity index (χ2n) is 5.50. The zero-order valence-corrected chi connectivity index (χ0v) is 11.7. The minimum Gasteiger partial charge on any atom is -0.353 e. The van der Waals surface area contributed by atoms with E-state index in [9.17, 15) is 4.79 Å². The Balaban J connectivity index is 1.57. The lowest BCUT2D eigenvalue weighted by Gasteiger charge is -2.24. The van der Waals surface area contributed by atoms with Gasteiger partial charge in [0.1, 0.15) is 0 Å².